The van der Waals surface area contributed by atoms with E-state index in [-0.39, 0.29) is 11.8 Å². The first-order valence-electron chi connectivity index (χ1n) is 10.9. The van der Waals surface area contributed by atoms with Gasteiger partial charge in [0.05, 0.1) is 17.1 Å². The quantitative estimate of drug-likeness (QED) is 0.475. The number of amides is 2. The van der Waals surface area contributed by atoms with Crippen molar-refractivity contribution in [2.45, 2.75) is 26.4 Å². The van der Waals surface area contributed by atoms with Crippen LogP contribution in [-0.2, 0) is 11.4 Å². The molecule has 0 atom stereocenters. The molecule has 0 saturated carbocycles. The van der Waals surface area contributed by atoms with Gasteiger partial charge in [0.15, 0.2) is 0 Å². The highest BCUT2D eigenvalue weighted by Gasteiger charge is 2.24. The number of aromatic nitrogens is 2. The van der Waals surface area contributed by atoms with Crippen LogP contribution in [0.4, 0.5) is 11.4 Å². The molecule has 0 aliphatic carbocycles. The van der Waals surface area contributed by atoms with E-state index in [2.05, 4.69) is 10.3 Å². The fourth-order valence-corrected chi connectivity index (χ4v) is 4.02. The number of aryl methyl sites for hydroxylation is 1. The maximum absolute atomic E-state index is 13.0. The van der Waals surface area contributed by atoms with Gasteiger partial charge in [0.25, 0.3) is 5.91 Å². The number of ether oxygens (including phenoxy) is 1. The number of carbonyl (C=O) groups is 2. The van der Waals surface area contributed by atoms with Crippen molar-refractivity contribution >= 4 is 28.8 Å². The molecule has 33 heavy (non-hydrogen) atoms. The van der Waals surface area contributed by atoms with Crippen molar-refractivity contribution in [1.29, 1.82) is 0 Å². The molecule has 4 aromatic rings. The highest BCUT2D eigenvalue weighted by atomic mass is 16.5. The van der Waals surface area contributed by atoms with Gasteiger partial charge in [-0.1, -0.05) is 24.3 Å². The number of nitrogens with zero attached hydrogens (tertiary/aromatic N) is 3. The molecule has 3 heterocycles. The van der Waals surface area contributed by atoms with E-state index in [0.717, 1.165) is 29.0 Å². The second-order valence-electron chi connectivity index (χ2n) is 8.14. The van der Waals surface area contributed by atoms with Crippen molar-refractivity contribution in [3.05, 3.63) is 89.9 Å². The first kappa shape index (κ1) is 20.8. The van der Waals surface area contributed by atoms with Gasteiger partial charge in [0.2, 0.25) is 5.91 Å². The Morgan fingerprint density at radius 3 is 2.82 bits per heavy atom. The number of benzene rings is 2. The van der Waals surface area contributed by atoms with Crippen LogP contribution >= 0.6 is 0 Å². The molecule has 7 heteroatoms. The first-order chi connectivity index (χ1) is 16.1. The van der Waals surface area contributed by atoms with E-state index in [1.807, 2.05) is 66.2 Å². The Morgan fingerprint density at radius 1 is 1.09 bits per heavy atom. The topological polar surface area (TPSA) is 75.9 Å². The van der Waals surface area contributed by atoms with Crippen LogP contribution in [0, 0.1) is 6.92 Å². The number of pyridine rings is 1. The largest absolute Gasteiger partial charge is 0.487 e. The smallest absolute Gasteiger partial charge is 0.255 e. The van der Waals surface area contributed by atoms with Crippen molar-refractivity contribution in [1.82, 2.24) is 9.38 Å². The minimum absolute atomic E-state index is 0.0780. The number of rotatable bonds is 6. The number of para-hydroxylation sites is 2. The summed E-state index contributed by atoms with van der Waals surface area (Å²) in [5.74, 6) is 0.399. The highest BCUT2D eigenvalue weighted by Crippen LogP contribution is 2.30. The third-order valence-electron chi connectivity index (χ3n) is 5.65. The van der Waals surface area contributed by atoms with Gasteiger partial charge in [-0.05, 0) is 55.3 Å². The lowest BCUT2D eigenvalue weighted by molar-refractivity contribution is -0.117. The van der Waals surface area contributed by atoms with E-state index in [1.54, 1.807) is 23.1 Å². The molecule has 7 nitrogen and oxygen atoms in total. The predicted molar refractivity (Wildman–Crippen MR) is 127 cm³/mol. The summed E-state index contributed by atoms with van der Waals surface area (Å²) in [4.78, 5) is 31.4. The van der Waals surface area contributed by atoms with E-state index in [9.17, 15) is 9.59 Å². The predicted octanol–water partition coefficient (Wildman–Crippen LogP) is 4.60. The summed E-state index contributed by atoms with van der Waals surface area (Å²) in [6, 6.07) is 18.4. The van der Waals surface area contributed by atoms with Crippen LogP contribution in [0.15, 0.2) is 73.1 Å². The van der Waals surface area contributed by atoms with Crippen molar-refractivity contribution in [3.8, 4) is 5.75 Å². The van der Waals surface area contributed by atoms with E-state index < -0.39 is 0 Å². The van der Waals surface area contributed by atoms with Gasteiger partial charge in [-0.15, -0.1) is 0 Å². The summed E-state index contributed by atoms with van der Waals surface area (Å²) in [6.07, 6.45) is 5.32. The monoisotopic (exact) mass is 440 g/mol. The van der Waals surface area contributed by atoms with E-state index in [0.29, 0.717) is 36.6 Å². The molecule has 2 amide bonds. The molecule has 1 saturated heterocycles. The number of nitrogens with one attached hydrogen (secondary N) is 1. The molecule has 0 radical (unpaired) electrons. The third kappa shape index (κ3) is 4.43. The Morgan fingerprint density at radius 2 is 1.97 bits per heavy atom. The van der Waals surface area contributed by atoms with Crippen LogP contribution in [0.2, 0.25) is 0 Å². The number of imidazole rings is 1. The fourth-order valence-electron chi connectivity index (χ4n) is 4.02. The minimum Gasteiger partial charge on any atom is -0.487 e. The fraction of sp³-hybridized carbons (Fsp3) is 0.192. The van der Waals surface area contributed by atoms with E-state index >= 15 is 0 Å². The molecule has 5 rings (SSSR count). The lowest BCUT2D eigenvalue weighted by Gasteiger charge is -2.20. The molecular weight excluding hydrogens is 416 g/mol. The maximum atomic E-state index is 13.0. The van der Waals surface area contributed by atoms with Gasteiger partial charge < -0.3 is 19.4 Å². The summed E-state index contributed by atoms with van der Waals surface area (Å²) in [6.45, 7) is 3.00. The molecule has 1 N–H and O–H groups in total. The highest BCUT2D eigenvalue weighted by molar-refractivity contribution is 6.08. The van der Waals surface area contributed by atoms with Crippen LogP contribution in [0.1, 0.15) is 34.5 Å². The van der Waals surface area contributed by atoms with Gasteiger partial charge in [-0.25, -0.2) is 4.98 Å². The number of hydrogen-bond donors (Lipinski definition) is 1. The second kappa shape index (κ2) is 8.78. The van der Waals surface area contributed by atoms with Crippen LogP contribution in [0.5, 0.6) is 5.75 Å². The number of hydrogen-bond acceptors (Lipinski definition) is 4. The molecule has 0 bridgehead atoms. The molecular formula is C26H24N4O3. The SMILES string of the molecule is Cc1ccc2nc(COc3cccc(C(=O)Nc4ccccc4N4CCCC4=O)c3)cn2c1. The van der Waals surface area contributed by atoms with Gasteiger partial charge in [-0.3, -0.25) is 9.59 Å². The lowest BCUT2D eigenvalue weighted by atomic mass is 10.2. The molecule has 1 fully saturated rings. The van der Waals surface area contributed by atoms with Crippen LogP contribution < -0.4 is 15.0 Å². The van der Waals surface area contributed by atoms with Crippen molar-refractivity contribution in [2.24, 2.45) is 0 Å². The Labute approximate surface area is 191 Å². The Bertz CT molecular complexity index is 1340. The normalized spacial score (nSPS) is 13.5. The molecule has 1 aliphatic rings. The zero-order valence-electron chi connectivity index (χ0n) is 18.3. The summed E-state index contributed by atoms with van der Waals surface area (Å²) in [5, 5.41) is 2.94. The summed E-state index contributed by atoms with van der Waals surface area (Å²) in [7, 11) is 0. The van der Waals surface area contributed by atoms with Crippen molar-refractivity contribution < 1.29 is 14.3 Å². The van der Waals surface area contributed by atoms with Crippen LogP contribution in [-0.4, -0.2) is 27.7 Å². The molecule has 1 aliphatic heterocycles. The summed E-state index contributed by atoms with van der Waals surface area (Å²) >= 11 is 0. The molecule has 2 aromatic carbocycles. The summed E-state index contributed by atoms with van der Waals surface area (Å²) in [5.41, 5.74) is 4.64. The molecule has 0 unspecified atom stereocenters. The maximum Gasteiger partial charge on any atom is 0.255 e. The average Bonchev–Trinajstić information content (AvgIpc) is 3.43. The first-order valence-corrected chi connectivity index (χ1v) is 10.9. The molecule has 2 aromatic heterocycles. The molecule has 0 spiro atoms. The van der Waals surface area contributed by atoms with Crippen LogP contribution in [0.3, 0.4) is 0 Å². The third-order valence-corrected chi connectivity index (χ3v) is 5.65. The van der Waals surface area contributed by atoms with Gasteiger partial charge in [0, 0.05) is 30.9 Å². The van der Waals surface area contributed by atoms with Gasteiger partial charge in [-0.2, -0.15) is 0 Å². The van der Waals surface area contributed by atoms with E-state index in [4.69, 9.17) is 4.74 Å². The number of anilines is 2. The van der Waals surface area contributed by atoms with Crippen molar-refractivity contribution in [2.75, 3.05) is 16.8 Å². The van der Waals surface area contributed by atoms with E-state index in [1.165, 1.54) is 0 Å². The Balaban J connectivity index is 1.29. The minimum atomic E-state index is -0.261. The number of carbonyl (C=O) groups excluding carboxylic acids is 2. The second-order valence-corrected chi connectivity index (χ2v) is 8.14. The number of fused-ring (bicyclic) bond motifs is 1. The summed E-state index contributed by atoms with van der Waals surface area (Å²) < 4.78 is 7.88. The zero-order chi connectivity index (χ0) is 22.8. The Kier molecular flexibility index (Phi) is 5.52. The zero-order valence-corrected chi connectivity index (χ0v) is 18.3. The lowest BCUT2D eigenvalue weighted by Crippen LogP contribution is -2.25. The van der Waals surface area contributed by atoms with Crippen molar-refractivity contribution in [3.63, 3.8) is 0 Å². The van der Waals surface area contributed by atoms with Gasteiger partial charge in [0.1, 0.15) is 18.0 Å². The standard InChI is InChI=1S/C26H24N4O3/c1-18-11-12-24-27-20(16-29(24)15-18)17-33-21-7-4-6-19(14-21)26(32)28-22-8-2-3-9-23(22)30-13-5-10-25(30)31/h2-4,6-9,11-12,14-16H,5,10,13,17H2,1H3,(H,28,32). The molecule has 166 valence electrons. The van der Waals surface area contributed by atoms with Gasteiger partial charge >= 0.3 is 0 Å². The Hall–Kier alpha value is -4.13. The average molecular weight is 441 g/mol. The van der Waals surface area contributed by atoms with Crippen LogP contribution in [0.25, 0.3) is 5.65 Å².